The minimum atomic E-state index is -0.493. The lowest BCUT2D eigenvalue weighted by molar-refractivity contribution is -0.383. The normalized spacial score (nSPS) is 11.6. The van der Waals surface area contributed by atoms with Crippen LogP contribution in [0.4, 0.5) is 23.0 Å². The number of rotatable bonds is 7. The third-order valence-electron chi connectivity index (χ3n) is 3.33. The van der Waals surface area contributed by atoms with E-state index in [1.807, 2.05) is 13.8 Å². The maximum atomic E-state index is 11.4. The van der Waals surface area contributed by atoms with Gasteiger partial charge in [0.2, 0.25) is 11.6 Å². The third kappa shape index (κ3) is 4.06. The van der Waals surface area contributed by atoms with Crippen LogP contribution in [0.3, 0.4) is 0 Å². The highest BCUT2D eigenvalue weighted by Crippen LogP contribution is 2.32. The molecule has 0 spiro atoms. The molecular weight excluding hydrogens is 298 g/mol. The van der Waals surface area contributed by atoms with Gasteiger partial charge in [-0.1, -0.05) is 13.0 Å². The SMILES string of the molecule is CCC(C)Nc1ncnc(Nc2cccc(OC)c2)c1[N+](=O)[O-]. The molecule has 1 atom stereocenters. The summed E-state index contributed by atoms with van der Waals surface area (Å²) in [6.45, 7) is 3.92. The predicted octanol–water partition coefficient (Wildman–Crippen LogP) is 3.35. The molecule has 0 fully saturated rings. The number of hydrogen-bond donors (Lipinski definition) is 2. The summed E-state index contributed by atoms with van der Waals surface area (Å²) < 4.78 is 5.14. The number of nitrogens with zero attached hydrogens (tertiary/aromatic N) is 3. The van der Waals surface area contributed by atoms with Crippen molar-refractivity contribution < 1.29 is 9.66 Å². The van der Waals surface area contributed by atoms with Gasteiger partial charge in [-0.15, -0.1) is 0 Å². The van der Waals surface area contributed by atoms with Crippen LogP contribution in [0.1, 0.15) is 20.3 Å². The molecule has 1 unspecified atom stereocenters. The van der Waals surface area contributed by atoms with Crippen molar-refractivity contribution in [2.45, 2.75) is 26.3 Å². The first kappa shape index (κ1) is 16.5. The number of ether oxygens (including phenoxy) is 1. The van der Waals surface area contributed by atoms with Crippen molar-refractivity contribution >= 4 is 23.0 Å². The molecule has 2 rings (SSSR count). The van der Waals surface area contributed by atoms with Crippen LogP contribution < -0.4 is 15.4 Å². The Labute approximate surface area is 134 Å². The zero-order chi connectivity index (χ0) is 16.8. The van der Waals surface area contributed by atoms with Crippen molar-refractivity contribution in [2.24, 2.45) is 0 Å². The first-order valence-corrected chi connectivity index (χ1v) is 7.22. The van der Waals surface area contributed by atoms with E-state index < -0.39 is 4.92 Å². The van der Waals surface area contributed by atoms with E-state index in [0.29, 0.717) is 11.4 Å². The van der Waals surface area contributed by atoms with Gasteiger partial charge >= 0.3 is 5.69 Å². The summed E-state index contributed by atoms with van der Waals surface area (Å²) in [5.74, 6) is 0.971. The van der Waals surface area contributed by atoms with E-state index in [9.17, 15) is 10.1 Å². The fourth-order valence-electron chi connectivity index (χ4n) is 1.92. The van der Waals surface area contributed by atoms with Gasteiger partial charge < -0.3 is 15.4 Å². The fourth-order valence-corrected chi connectivity index (χ4v) is 1.92. The van der Waals surface area contributed by atoms with Gasteiger partial charge in [-0.2, -0.15) is 0 Å². The molecule has 0 saturated heterocycles. The van der Waals surface area contributed by atoms with E-state index in [-0.39, 0.29) is 23.4 Å². The van der Waals surface area contributed by atoms with Crippen molar-refractivity contribution in [1.82, 2.24) is 9.97 Å². The highest BCUT2D eigenvalue weighted by atomic mass is 16.6. The molecule has 1 heterocycles. The second-order valence-electron chi connectivity index (χ2n) is 4.99. The first-order chi connectivity index (χ1) is 11.0. The van der Waals surface area contributed by atoms with Gasteiger partial charge in [-0.3, -0.25) is 10.1 Å². The van der Waals surface area contributed by atoms with Gasteiger partial charge in [0.05, 0.1) is 12.0 Å². The summed E-state index contributed by atoms with van der Waals surface area (Å²) in [5, 5.41) is 17.4. The van der Waals surface area contributed by atoms with Crippen LogP contribution in [0.25, 0.3) is 0 Å². The average Bonchev–Trinajstić information content (AvgIpc) is 2.54. The molecule has 1 aromatic heterocycles. The number of aromatic nitrogens is 2. The molecule has 0 aliphatic heterocycles. The Morgan fingerprint density at radius 1 is 1.35 bits per heavy atom. The van der Waals surface area contributed by atoms with Crippen LogP contribution in [-0.4, -0.2) is 28.0 Å². The van der Waals surface area contributed by atoms with Crippen LogP contribution >= 0.6 is 0 Å². The summed E-state index contributed by atoms with van der Waals surface area (Å²) in [6.07, 6.45) is 2.11. The molecule has 0 bridgehead atoms. The maximum absolute atomic E-state index is 11.4. The highest BCUT2D eigenvalue weighted by molar-refractivity contribution is 5.74. The van der Waals surface area contributed by atoms with E-state index >= 15 is 0 Å². The lowest BCUT2D eigenvalue weighted by Gasteiger charge is -2.14. The Bertz CT molecular complexity index is 693. The van der Waals surface area contributed by atoms with Crippen molar-refractivity contribution in [2.75, 3.05) is 17.7 Å². The molecule has 8 heteroatoms. The Balaban J connectivity index is 2.37. The summed E-state index contributed by atoms with van der Waals surface area (Å²) in [6, 6.07) is 7.14. The standard InChI is InChI=1S/C15H19N5O3/c1-4-10(2)18-14-13(20(21)22)15(17-9-16-14)19-11-6-5-7-12(8-11)23-3/h5-10H,4H2,1-3H3,(H2,16,17,18,19). The number of benzene rings is 1. The molecule has 8 nitrogen and oxygen atoms in total. The summed E-state index contributed by atoms with van der Waals surface area (Å²) >= 11 is 0. The van der Waals surface area contributed by atoms with Crippen molar-refractivity contribution in [1.29, 1.82) is 0 Å². The molecule has 1 aromatic carbocycles. The maximum Gasteiger partial charge on any atom is 0.353 e. The Morgan fingerprint density at radius 3 is 2.74 bits per heavy atom. The summed E-state index contributed by atoms with van der Waals surface area (Å²) in [7, 11) is 1.56. The average molecular weight is 317 g/mol. The number of nitrogens with one attached hydrogen (secondary N) is 2. The molecule has 23 heavy (non-hydrogen) atoms. The number of hydrogen-bond acceptors (Lipinski definition) is 7. The molecule has 0 radical (unpaired) electrons. The van der Waals surface area contributed by atoms with E-state index in [1.54, 1.807) is 31.4 Å². The Kier molecular flexibility index (Phi) is 5.29. The van der Waals surface area contributed by atoms with Crippen molar-refractivity contribution in [3.8, 4) is 5.75 Å². The highest BCUT2D eigenvalue weighted by Gasteiger charge is 2.23. The van der Waals surface area contributed by atoms with E-state index in [4.69, 9.17) is 4.74 Å². The zero-order valence-electron chi connectivity index (χ0n) is 13.2. The largest absolute Gasteiger partial charge is 0.497 e. The fraction of sp³-hybridized carbons (Fsp3) is 0.333. The van der Waals surface area contributed by atoms with Gasteiger partial charge in [-0.05, 0) is 25.5 Å². The molecule has 0 amide bonds. The first-order valence-electron chi connectivity index (χ1n) is 7.22. The van der Waals surface area contributed by atoms with E-state index in [2.05, 4.69) is 20.6 Å². The lowest BCUT2D eigenvalue weighted by Crippen LogP contribution is -2.16. The van der Waals surface area contributed by atoms with Crippen LogP contribution in [0.5, 0.6) is 5.75 Å². The van der Waals surface area contributed by atoms with Gasteiger partial charge in [-0.25, -0.2) is 9.97 Å². The number of nitro groups is 1. The van der Waals surface area contributed by atoms with Crippen LogP contribution in [0.2, 0.25) is 0 Å². The number of methoxy groups -OCH3 is 1. The predicted molar refractivity (Wildman–Crippen MR) is 88.3 cm³/mol. The van der Waals surface area contributed by atoms with Crippen LogP contribution in [0.15, 0.2) is 30.6 Å². The van der Waals surface area contributed by atoms with Crippen molar-refractivity contribution in [3.05, 3.63) is 40.7 Å². The van der Waals surface area contributed by atoms with E-state index in [0.717, 1.165) is 6.42 Å². The molecule has 0 aliphatic carbocycles. The van der Waals surface area contributed by atoms with Gasteiger partial charge in [0.1, 0.15) is 12.1 Å². The molecule has 122 valence electrons. The van der Waals surface area contributed by atoms with Gasteiger partial charge in [0, 0.05) is 17.8 Å². The smallest absolute Gasteiger partial charge is 0.353 e. The molecule has 2 N–H and O–H groups in total. The monoisotopic (exact) mass is 317 g/mol. The topological polar surface area (TPSA) is 102 Å². The quantitative estimate of drug-likeness (QED) is 0.596. The number of anilines is 3. The van der Waals surface area contributed by atoms with Gasteiger partial charge in [0.15, 0.2) is 0 Å². The second-order valence-corrected chi connectivity index (χ2v) is 4.99. The minimum Gasteiger partial charge on any atom is -0.497 e. The zero-order valence-corrected chi connectivity index (χ0v) is 13.2. The lowest BCUT2D eigenvalue weighted by atomic mass is 10.2. The Hall–Kier alpha value is -2.90. The summed E-state index contributed by atoms with van der Waals surface area (Å²) in [4.78, 5) is 18.9. The van der Waals surface area contributed by atoms with Gasteiger partial charge in [0.25, 0.3) is 0 Å². The van der Waals surface area contributed by atoms with Crippen molar-refractivity contribution in [3.63, 3.8) is 0 Å². The Morgan fingerprint density at radius 2 is 2.09 bits per heavy atom. The van der Waals surface area contributed by atoms with E-state index in [1.165, 1.54) is 6.33 Å². The molecular formula is C15H19N5O3. The van der Waals surface area contributed by atoms with Crippen LogP contribution in [0, 0.1) is 10.1 Å². The third-order valence-corrected chi connectivity index (χ3v) is 3.33. The second kappa shape index (κ2) is 7.39. The van der Waals surface area contributed by atoms with Crippen LogP contribution in [-0.2, 0) is 0 Å². The minimum absolute atomic E-state index is 0.0632. The molecule has 0 aliphatic rings. The summed E-state index contributed by atoms with van der Waals surface area (Å²) in [5.41, 5.74) is 0.455. The molecule has 0 saturated carbocycles. The molecule has 2 aromatic rings.